The summed E-state index contributed by atoms with van der Waals surface area (Å²) in [6.45, 7) is 4.86. The topological polar surface area (TPSA) is 59.2 Å². The van der Waals surface area contributed by atoms with Gasteiger partial charge in [-0.2, -0.15) is 0 Å². The number of nitrogens with two attached hydrogens (primary N) is 1. The van der Waals surface area contributed by atoms with Crippen molar-refractivity contribution in [2.75, 3.05) is 12.3 Å². The lowest BCUT2D eigenvalue weighted by Gasteiger charge is -2.27. The highest BCUT2D eigenvalue weighted by atomic mass is 35.5. The van der Waals surface area contributed by atoms with E-state index in [4.69, 9.17) is 17.3 Å². The molecule has 1 aliphatic carbocycles. The first kappa shape index (κ1) is 13.1. The van der Waals surface area contributed by atoms with E-state index in [0.29, 0.717) is 11.5 Å². The Morgan fingerprint density at radius 3 is 2.72 bits per heavy atom. The van der Waals surface area contributed by atoms with Crippen LogP contribution in [0, 0.1) is 5.92 Å². The number of aromatic nitrogens is 1. The van der Waals surface area contributed by atoms with Crippen molar-refractivity contribution in [3.05, 3.63) is 22.8 Å². The molecule has 1 aromatic rings. The molecule has 2 rings (SSSR count). The van der Waals surface area contributed by atoms with Crippen molar-refractivity contribution in [2.45, 2.75) is 32.7 Å². The number of halogens is 1. The zero-order chi connectivity index (χ0) is 13.3. The van der Waals surface area contributed by atoms with Crippen LogP contribution in [0.2, 0.25) is 5.15 Å². The van der Waals surface area contributed by atoms with Crippen LogP contribution in [-0.4, -0.2) is 28.4 Å². The van der Waals surface area contributed by atoms with E-state index in [9.17, 15) is 4.79 Å². The molecular formula is C13H18ClN3O. The average Bonchev–Trinajstić information content (AvgIpc) is 3.07. The number of nitrogens with zero attached hydrogens (tertiary/aromatic N) is 2. The summed E-state index contributed by atoms with van der Waals surface area (Å²) in [6, 6.07) is 3.32. The Hall–Kier alpha value is -1.29. The molecule has 0 aliphatic heterocycles. The number of carbonyl (C=O) groups is 1. The fourth-order valence-electron chi connectivity index (χ4n) is 1.91. The maximum atomic E-state index is 12.4. The number of rotatable bonds is 4. The van der Waals surface area contributed by atoms with Gasteiger partial charge in [-0.15, -0.1) is 0 Å². The monoisotopic (exact) mass is 267 g/mol. The zero-order valence-corrected chi connectivity index (χ0v) is 11.4. The van der Waals surface area contributed by atoms with Crippen molar-refractivity contribution in [2.24, 2.45) is 5.92 Å². The maximum Gasteiger partial charge on any atom is 0.254 e. The highest BCUT2D eigenvalue weighted by Crippen LogP contribution is 2.31. The fourth-order valence-corrected chi connectivity index (χ4v) is 2.13. The number of amides is 1. The lowest BCUT2D eigenvalue weighted by atomic mass is 10.2. The minimum Gasteiger partial charge on any atom is -0.384 e. The Morgan fingerprint density at radius 2 is 2.22 bits per heavy atom. The summed E-state index contributed by atoms with van der Waals surface area (Å²) in [7, 11) is 0. The molecule has 1 aliphatic rings. The Morgan fingerprint density at radius 1 is 1.56 bits per heavy atom. The zero-order valence-electron chi connectivity index (χ0n) is 10.7. The van der Waals surface area contributed by atoms with Gasteiger partial charge < -0.3 is 10.6 Å². The molecule has 0 saturated heterocycles. The fraction of sp³-hybridized carbons (Fsp3) is 0.538. The van der Waals surface area contributed by atoms with Crippen LogP contribution in [0.3, 0.4) is 0 Å². The summed E-state index contributed by atoms with van der Waals surface area (Å²) in [5.41, 5.74) is 6.14. The van der Waals surface area contributed by atoms with E-state index in [-0.39, 0.29) is 22.9 Å². The SMILES string of the molecule is CC(C)N(CC1CC1)C(=O)c1cc(N)nc(Cl)c1. The summed E-state index contributed by atoms with van der Waals surface area (Å²) >= 11 is 5.83. The van der Waals surface area contributed by atoms with Gasteiger partial charge in [0, 0.05) is 18.2 Å². The molecule has 1 aromatic heterocycles. The second-order valence-electron chi connectivity index (χ2n) is 5.10. The standard InChI is InChI=1S/C13H18ClN3O/c1-8(2)17(7-9-3-4-9)13(18)10-5-11(14)16-12(15)6-10/h5-6,8-9H,3-4,7H2,1-2H3,(H2,15,16). The molecule has 1 fully saturated rings. The molecule has 1 amide bonds. The van der Waals surface area contributed by atoms with Crippen LogP contribution in [0.15, 0.2) is 12.1 Å². The minimum absolute atomic E-state index is 0.0205. The molecular weight excluding hydrogens is 250 g/mol. The average molecular weight is 268 g/mol. The summed E-state index contributed by atoms with van der Waals surface area (Å²) in [6.07, 6.45) is 2.44. The van der Waals surface area contributed by atoms with Gasteiger partial charge >= 0.3 is 0 Å². The van der Waals surface area contributed by atoms with E-state index >= 15 is 0 Å². The number of carbonyl (C=O) groups excluding carboxylic acids is 1. The third-order valence-corrected chi connectivity index (χ3v) is 3.29. The molecule has 1 saturated carbocycles. The van der Waals surface area contributed by atoms with Crippen molar-refractivity contribution in [3.8, 4) is 0 Å². The van der Waals surface area contributed by atoms with Crippen molar-refractivity contribution in [1.82, 2.24) is 9.88 Å². The van der Waals surface area contributed by atoms with E-state index in [1.807, 2.05) is 18.7 Å². The van der Waals surface area contributed by atoms with Gasteiger partial charge in [0.05, 0.1) is 0 Å². The van der Waals surface area contributed by atoms with Gasteiger partial charge in [0.1, 0.15) is 11.0 Å². The molecule has 0 spiro atoms. The second-order valence-corrected chi connectivity index (χ2v) is 5.49. The minimum atomic E-state index is -0.0205. The largest absolute Gasteiger partial charge is 0.384 e. The van der Waals surface area contributed by atoms with Gasteiger partial charge in [-0.3, -0.25) is 4.79 Å². The molecule has 4 nitrogen and oxygen atoms in total. The van der Waals surface area contributed by atoms with Crippen LogP contribution in [0.5, 0.6) is 0 Å². The van der Waals surface area contributed by atoms with Crippen molar-refractivity contribution in [3.63, 3.8) is 0 Å². The van der Waals surface area contributed by atoms with Crippen LogP contribution in [0.4, 0.5) is 5.82 Å². The molecule has 0 bridgehead atoms. The lowest BCUT2D eigenvalue weighted by Crippen LogP contribution is -2.38. The van der Waals surface area contributed by atoms with Gasteiger partial charge in [0.2, 0.25) is 0 Å². The molecule has 18 heavy (non-hydrogen) atoms. The van der Waals surface area contributed by atoms with Gasteiger partial charge in [-0.25, -0.2) is 4.98 Å². The number of anilines is 1. The first-order valence-electron chi connectivity index (χ1n) is 6.21. The van der Waals surface area contributed by atoms with E-state index in [1.54, 1.807) is 12.1 Å². The molecule has 0 aromatic carbocycles. The molecule has 2 N–H and O–H groups in total. The first-order chi connectivity index (χ1) is 8.47. The third-order valence-electron chi connectivity index (χ3n) is 3.10. The predicted molar refractivity (Wildman–Crippen MR) is 72.6 cm³/mol. The summed E-state index contributed by atoms with van der Waals surface area (Å²) in [4.78, 5) is 18.2. The highest BCUT2D eigenvalue weighted by molar-refractivity contribution is 6.29. The summed E-state index contributed by atoms with van der Waals surface area (Å²) in [5, 5.41) is 0.258. The second kappa shape index (κ2) is 5.14. The molecule has 98 valence electrons. The predicted octanol–water partition coefficient (Wildman–Crippen LogP) is 2.58. The number of hydrogen-bond donors (Lipinski definition) is 1. The Bertz CT molecular complexity index is 437. The number of pyridine rings is 1. The van der Waals surface area contributed by atoms with Gasteiger partial charge in [0.15, 0.2) is 0 Å². The normalized spacial score (nSPS) is 14.9. The molecule has 0 radical (unpaired) electrons. The molecule has 0 unspecified atom stereocenters. The summed E-state index contributed by atoms with van der Waals surface area (Å²) in [5.74, 6) is 0.917. The van der Waals surface area contributed by atoms with Crippen LogP contribution < -0.4 is 5.73 Å². The van der Waals surface area contributed by atoms with Crippen LogP contribution in [0.1, 0.15) is 37.0 Å². The van der Waals surface area contributed by atoms with E-state index < -0.39 is 0 Å². The molecule has 5 heteroatoms. The van der Waals surface area contributed by atoms with Gasteiger partial charge in [-0.1, -0.05) is 11.6 Å². The van der Waals surface area contributed by atoms with Crippen molar-refractivity contribution in [1.29, 1.82) is 0 Å². The first-order valence-corrected chi connectivity index (χ1v) is 6.59. The van der Waals surface area contributed by atoms with Gasteiger partial charge in [0.25, 0.3) is 5.91 Å². The van der Waals surface area contributed by atoms with E-state index in [1.165, 1.54) is 12.8 Å². The van der Waals surface area contributed by atoms with Crippen LogP contribution in [0.25, 0.3) is 0 Å². The third kappa shape index (κ3) is 3.13. The van der Waals surface area contributed by atoms with Crippen molar-refractivity contribution < 1.29 is 4.79 Å². The number of nitrogen functional groups attached to an aromatic ring is 1. The molecule has 0 atom stereocenters. The Kier molecular flexibility index (Phi) is 3.76. The Labute approximate surface area is 112 Å². The maximum absolute atomic E-state index is 12.4. The quantitative estimate of drug-likeness (QED) is 0.853. The van der Waals surface area contributed by atoms with Gasteiger partial charge in [-0.05, 0) is 44.7 Å². The summed E-state index contributed by atoms with van der Waals surface area (Å²) < 4.78 is 0. The van der Waals surface area contributed by atoms with E-state index in [2.05, 4.69) is 4.98 Å². The van der Waals surface area contributed by atoms with Crippen LogP contribution >= 0.6 is 11.6 Å². The smallest absolute Gasteiger partial charge is 0.254 e. The molecule has 1 heterocycles. The lowest BCUT2D eigenvalue weighted by molar-refractivity contribution is 0.0696. The van der Waals surface area contributed by atoms with Crippen molar-refractivity contribution >= 4 is 23.3 Å². The van der Waals surface area contributed by atoms with E-state index in [0.717, 1.165) is 6.54 Å². The number of hydrogen-bond acceptors (Lipinski definition) is 3. The van der Waals surface area contributed by atoms with Crippen LogP contribution in [-0.2, 0) is 0 Å². The highest BCUT2D eigenvalue weighted by Gasteiger charge is 2.28. The Balaban J connectivity index is 2.20.